The molecule has 0 atom stereocenters. The van der Waals surface area contributed by atoms with Gasteiger partial charge in [-0.1, -0.05) is 6.07 Å². The Hall–Kier alpha value is -2.43. The van der Waals surface area contributed by atoms with E-state index in [2.05, 4.69) is 4.98 Å². The lowest BCUT2D eigenvalue weighted by molar-refractivity contribution is 0.0694. The van der Waals surface area contributed by atoms with Gasteiger partial charge in [0.15, 0.2) is 5.43 Å². The van der Waals surface area contributed by atoms with Crippen LogP contribution < -0.4 is 5.43 Å². The Morgan fingerprint density at radius 3 is 2.83 bits per heavy atom. The first-order chi connectivity index (χ1) is 8.66. The van der Waals surface area contributed by atoms with Crippen LogP contribution >= 0.6 is 0 Å². The van der Waals surface area contributed by atoms with E-state index in [-0.39, 0.29) is 5.56 Å². The molecule has 0 radical (unpaired) electrons. The van der Waals surface area contributed by atoms with Crippen molar-refractivity contribution in [1.29, 1.82) is 0 Å². The summed E-state index contributed by atoms with van der Waals surface area (Å²) in [6, 6.07) is 6.91. The van der Waals surface area contributed by atoms with Gasteiger partial charge in [-0.3, -0.25) is 9.78 Å². The van der Waals surface area contributed by atoms with Crippen LogP contribution in [-0.4, -0.2) is 20.6 Å². The molecule has 0 fully saturated rings. The second-order valence-electron chi connectivity index (χ2n) is 3.84. The zero-order chi connectivity index (χ0) is 13.0. The second-order valence-corrected chi connectivity index (χ2v) is 3.84. The smallest absolute Gasteiger partial charge is 0.341 e. The second kappa shape index (κ2) is 5.27. The summed E-state index contributed by atoms with van der Waals surface area (Å²) >= 11 is 0. The summed E-state index contributed by atoms with van der Waals surface area (Å²) < 4.78 is 1.68. The number of aromatic carboxylic acids is 1. The molecule has 5 heteroatoms. The van der Waals surface area contributed by atoms with Crippen molar-refractivity contribution in [3.63, 3.8) is 0 Å². The van der Waals surface area contributed by atoms with E-state index in [9.17, 15) is 9.59 Å². The molecule has 0 aliphatic heterocycles. The van der Waals surface area contributed by atoms with E-state index >= 15 is 0 Å². The summed E-state index contributed by atoms with van der Waals surface area (Å²) in [4.78, 5) is 26.3. The molecule has 0 bridgehead atoms. The maximum atomic E-state index is 11.3. The Bertz CT molecular complexity index is 605. The highest BCUT2D eigenvalue weighted by Gasteiger charge is 2.08. The maximum Gasteiger partial charge on any atom is 0.341 e. The summed E-state index contributed by atoms with van der Waals surface area (Å²) in [5.74, 6) is -1.20. The molecule has 0 aliphatic carbocycles. The Morgan fingerprint density at radius 1 is 1.33 bits per heavy atom. The molecule has 2 aromatic heterocycles. The quantitative estimate of drug-likeness (QED) is 0.876. The van der Waals surface area contributed by atoms with E-state index in [1.165, 1.54) is 12.3 Å². The largest absolute Gasteiger partial charge is 0.477 e. The fraction of sp³-hybridized carbons (Fsp3) is 0.154. The minimum absolute atomic E-state index is 0.210. The topological polar surface area (TPSA) is 72.2 Å². The van der Waals surface area contributed by atoms with Gasteiger partial charge in [-0.15, -0.1) is 0 Å². The Balaban J connectivity index is 2.13. The summed E-state index contributed by atoms with van der Waals surface area (Å²) in [6.45, 7) is 0.581. The van der Waals surface area contributed by atoms with Crippen LogP contribution in [0.15, 0.2) is 47.7 Å². The minimum atomic E-state index is -1.20. The molecule has 5 nitrogen and oxygen atoms in total. The predicted octanol–water partition coefficient (Wildman–Crippen LogP) is 1.18. The van der Waals surface area contributed by atoms with Crippen molar-refractivity contribution in [3.05, 3.63) is 64.3 Å². The zero-order valence-electron chi connectivity index (χ0n) is 9.61. The maximum absolute atomic E-state index is 11.3. The highest BCUT2D eigenvalue weighted by molar-refractivity contribution is 5.86. The molecule has 18 heavy (non-hydrogen) atoms. The Kier molecular flexibility index (Phi) is 3.52. The lowest BCUT2D eigenvalue weighted by atomic mass is 10.2. The molecule has 2 heterocycles. The van der Waals surface area contributed by atoms with Crippen LogP contribution in [0.2, 0.25) is 0 Å². The van der Waals surface area contributed by atoms with Crippen molar-refractivity contribution in [1.82, 2.24) is 9.55 Å². The molecule has 1 N–H and O–H groups in total. The number of nitrogens with zero attached hydrogens (tertiary/aromatic N) is 2. The molecule has 0 aliphatic rings. The molecule has 0 amide bonds. The summed E-state index contributed by atoms with van der Waals surface area (Å²) in [5.41, 5.74) is 0.239. The van der Waals surface area contributed by atoms with Crippen molar-refractivity contribution in [2.24, 2.45) is 0 Å². The Morgan fingerprint density at radius 2 is 2.17 bits per heavy atom. The SMILES string of the molecule is O=C(O)c1cn(CCc2ccccn2)ccc1=O. The third-order valence-corrected chi connectivity index (χ3v) is 2.56. The van der Waals surface area contributed by atoms with Crippen LogP contribution in [0.5, 0.6) is 0 Å². The number of aryl methyl sites for hydroxylation is 2. The van der Waals surface area contributed by atoms with Crippen molar-refractivity contribution in [3.8, 4) is 0 Å². The molecule has 2 aromatic rings. The molecule has 0 spiro atoms. The standard InChI is InChI=1S/C13H12N2O3/c16-12-5-8-15(9-11(12)13(17)18)7-4-10-3-1-2-6-14-10/h1-3,5-6,8-9H,4,7H2,(H,17,18). The van der Waals surface area contributed by atoms with Crippen LogP contribution in [0.1, 0.15) is 16.1 Å². The van der Waals surface area contributed by atoms with Crippen molar-refractivity contribution >= 4 is 5.97 Å². The van der Waals surface area contributed by atoms with Crippen LogP contribution in [0, 0.1) is 0 Å². The van der Waals surface area contributed by atoms with E-state index in [0.717, 1.165) is 5.69 Å². The number of carboxylic acids is 1. The first-order valence-electron chi connectivity index (χ1n) is 5.50. The fourth-order valence-electron chi connectivity index (χ4n) is 1.62. The number of aromatic nitrogens is 2. The lowest BCUT2D eigenvalue weighted by Gasteiger charge is -2.06. The van der Waals surface area contributed by atoms with Gasteiger partial charge in [0.05, 0.1) is 0 Å². The van der Waals surface area contributed by atoms with E-state index in [0.29, 0.717) is 13.0 Å². The molecule has 2 rings (SSSR count). The van der Waals surface area contributed by atoms with Gasteiger partial charge in [-0.05, 0) is 12.1 Å². The number of pyridine rings is 2. The van der Waals surface area contributed by atoms with Crippen LogP contribution in [0.4, 0.5) is 0 Å². The van der Waals surface area contributed by atoms with Gasteiger partial charge in [-0.25, -0.2) is 4.79 Å². The highest BCUT2D eigenvalue weighted by Crippen LogP contribution is 1.99. The van der Waals surface area contributed by atoms with Gasteiger partial charge >= 0.3 is 5.97 Å². The summed E-state index contributed by atoms with van der Waals surface area (Å²) in [6.07, 6.45) is 5.33. The molecule has 0 saturated carbocycles. The number of hydrogen-bond acceptors (Lipinski definition) is 3. The normalized spacial score (nSPS) is 10.2. The van der Waals surface area contributed by atoms with Crippen LogP contribution in [-0.2, 0) is 13.0 Å². The summed E-state index contributed by atoms with van der Waals surface area (Å²) in [5, 5.41) is 8.85. The number of carboxylic acid groups (broad SMARTS) is 1. The minimum Gasteiger partial charge on any atom is -0.477 e. The van der Waals surface area contributed by atoms with Gasteiger partial charge in [0.25, 0.3) is 0 Å². The fourth-order valence-corrected chi connectivity index (χ4v) is 1.62. The summed E-state index contributed by atoms with van der Waals surface area (Å²) in [7, 11) is 0. The first kappa shape index (κ1) is 12.0. The van der Waals surface area contributed by atoms with E-state index < -0.39 is 11.4 Å². The molecular formula is C13H12N2O3. The van der Waals surface area contributed by atoms with Crippen molar-refractivity contribution < 1.29 is 9.90 Å². The monoisotopic (exact) mass is 244 g/mol. The third-order valence-electron chi connectivity index (χ3n) is 2.56. The molecule has 0 aromatic carbocycles. The number of carbonyl (C=O) groups is 1. The first-order valence-corrected chi connectivity index (χ1v) is 5.50. The zero-order valence-corrected chi connectivity index (χ0v) is 9.61. The average Bonchev–Trinajstić information content (AvgIpc) is 2.38. The van der Waals surface area contributed by atoms with Gasteiger partial charge in [0.1, 0.15) is 5.56 Å². The van der Waals surface area contributed by atoms with Gasteiger partial charge in [-0.2, -0.15) is 0 Å². The predicted molar refractivity (Wildman–Crippen MR) is 65.6 cm³/mol. The number of hydrogen-bond donors (Lipinski definition) is 1. The van der Waals surface area contributed by atoms with E-state index in [1.54, 1.807) is 17.0 Å². The van der Waals surface area contributed by atoms with Crippen LogP contribution in [0.25, 0.3) is 0 Å². The highest BCUT2D eigenvalue weighted by atomic mass is 16.4. The Labute approximate surface area is 103 Å². The van der Waals surface area contributed by atoms with E-state index in [4.69, 9.17) is 5.11 Å². The van der Waals surface area contributed by atoms with E-state index in [1.807, 2.05) is 18.2 Å². The molecular weight excluding hydrogens is 232 g/mol. The lowest BCUT2D eigenvalue weighted by Crippen LogP contribution is -2.17. The molecule has 92 valence electrons. The van der Waals surface area contributed by atoms with Gasteiger partial charge in [0, 0.05) is 43.3 Å². The third kappa shape index (κ3) is 2.82. The number of rotatable bonds is 4. The van der Waals surface area contributed by atoms with Crippen molar-refractivity contribution in [2.45, 2.75) is 13.0 Å². The molecule has 0 unspecified atom stereocenters. The van der Waals surface area contributed by atoms with Crippen LogP contribution in [0.3, 0.4) is 0 Å². The molecule has 0 saturated heterocycles. The van der Waals surface area contributed by atoms with Gasteiger partial charge < -0.3 is 9.67 Å². The average molecular weight is 244 g/mol. The van der Waals surface area contributed by atoms with Gasteiger partial charge in [0.2, 0.25) is 0 Å². The van der Waals surface area contributed by atoms with Crippen molar-refractivity contribution in [2.75, 3.05) is 0 Å².